The lowest BCUT2D eigenvalue weighted by molar-refractivity contribution is 0.0221. The lowest BCUT2D eigenvalue weighted by Crippen LogP contribution is -2.40. The minimum atomic E-state index is -1.09. The molecule has 114 valence electrons. The molecule has 0 atom stereocenters. The van der Waals surface area contributed by atoms with Crippen molar-refractivity contribution in [2.24, 2.45) is 0 Å². The van der Waals surface area contributed by atoms with Crippen LogP contribution in [0.1, 0.15) is 42.3 Å². The first-order valence-electron chi connectivity index (χ1n) is 6.70. The Balaban J connectivity index is 2.27. The molecule has 1 aromatic carbocycles. The highest BCUT2D eigenvalue weighted by Gasteiger charge is 2.29. The maximum atomic E-state index is 13.9. The topological polar surface area (TPSA) is 66.8 Å². The van der Waals surface area contributed by atoms with Gasteiger partial charge >= 0.3 is 12.1 Å². The molecule has 0 spiro atoms. The molecule has 0 unspecified atom stereocenters. The zero-order valence-electron chi connectivity index (χ0n) is 12.3. The van der Waals surface area contributed by atoms with E-state index in [0.717, 1.165) is 6.07 Å². The number of carboxylic acid groups (broad SMARTS) is 1. The second-order valence-electron chi connectivity index (χ2n) is 6.01. The Morgan fingerprint density at radius 3 is 2.52 bits per heavy atom. The van der Waals surface area contributed by atoms with Crippen LogP contribution in [0.3, 0.4) is 0 Å². The van der Waals surface area contributed by atoms with Crippen molar-refractivity contribution in [1.82, 2.24) is 4.90 Å². The highest BCUT2D eigenvalue weighted by atomic mass is 19.1. The number of carboxylic acids is 1. The Morgan fingerprint density at radius 2 is 1.95 bits per heavy atom. The number of ether oxygens (including phenoxy) is 1. The van der Waals surface area contributed by atoms with Crippen LogP contribution in [-0.2, 0) is 17.7 Å². The van der Waals surface area contributed by atoms with Gasteiger partial charge in [0.2, 0.25) is 0 Å². The minimum Gasteiger partial charge on any atom is -0.478 e. The summed E-state index contributed by atoms with van der Waals surface area (Å²) in [6.45, 7) is 5.60. The number of nitrogens with zero attached hydrogens (tertiary/aromatic N) is 1. The molecule has 1 aliphatic rings. The van der Waals surface area contributed by atoms with Gasteiger partial charge in [-0.2, -0.15) is 0 Å². The first kappa shape index (κ1) is 15.3. The van der Waals surface area contributed by atoms with Crippen molar-refractivity contribution in [3.8, 4) is 0 Å². The molecule has 0 aromatic heterocycles. The van der Waals surface area contributed by atoms with Crippen molar-refractivity contribution in [3.63, 3.8) is 0 Å². The second kappa shape index (κ2) is 5.35. The fraction of sp³-hybridized carbons (Fsp3) is 0.467. The van der Waals surface area contributed by atoms with Crippen LogP contribution in [0.2, 0.25) is 0 Å². The molecule has 1 aromatic rings. The first-order chi connectivity index (χ1) is 9.69. The van der Waals surface area contributed by atoms with Gasteiger partial charge in [0.1, 0.15) is 11.4 Å². The summed E-state index contributed by atoms with van der Waals surface area (Å²) >= 11 is 0. The Hall–Kier alpha value is -2.11. The summed E-state index contributed by atoms with van der Waals surface area (Å²) in [5.41, 5.74) is 0.184. The third-order valence-corrected chi connectivity index (χ3v) is 3.24. The van der Waals surface area contributed by atoms with E-state index >= 15 is 0 Å². The predicted molar refractivity (Wildman–Crippen MR) is 73.7 cm³/mol. The number of carbonyl (C=O) groups excluding carboxylic acids is 1. The first-order valence-corrected chi connectivity index (χ1v) is 6.70. The molecular formula is C15H18FNO4. The largest absolute Gasteiger partial charge is 0.478 e. The molecule has 0 saturated heterocycles. The van der Waals surface area contributed by atoms with Crippen molar-refractivity contribution in [1.29, 1.82) is 0 Å². The molecule has 1 heterocycles. The van der Waals surface area contributed by atoms with Gasteiger partial charge < -0.3 is 14.7 Å². The van der Waals surface area contributed by atoms with Crippen LogP contribution in [0.15, 0.2) is 12.1 Å². The monoisotopic (exact) mass is 295 g/mol. The van der Waals surface area contributed by atoms with E-state index in [-0.39, 0.29) is 17.7 Å². The molecule has 5 nitrogen and oxygen atoms in total. The molecule has 1 amide bonds. The van der Waals surface area contributed by atoms with E-state index in [9.17, 15) is 14.0 Å². The molecular weight excluding hydrogens is 277 g/mol. The number of hydrogen-bond donors (Lipinski definition) is 1. The third-order valence-electron chi connectivity index (χ3n) is 3.24. The lowest BCUT2D eigenvalue weighted by Gasteiger charge is -2.31. The molecule has 0 bridgehead atoms. The van der Waals surface area contributed by atoms with Crippen LogP contribution >= 0.6 is 0 Å². The number of fused-ring (bicyclic) bond motifs is 1. The second-order valence-corrected chi connectivity index (χ2v) is 6.01. The highest BCUT2D eigenvalue weighted by molar-refractivity contribution is 5.90. The van der Waals surface area contributed by atoms with E-state index in [1.54, 1.807) is 20.8 Å². The Labute approximate surface area is 122 Å². The van der Waals surface area contributed by atoms with Gasteiger partial charge in [-0.05, 0) is 44.9 Å². The highest BCUT2D eigenvalue weighted by Crippen LogP contribution is 2.26. The van der Waals surface area contributed by atoms with Crippen molar-refractivity contribution >= 4 is 12.1 Å². The van der Waals surface area contributed by atoms with E-state index in [1.165, 1.54) is 11.0 Å². The summed E-state index contributed by atoms with van der Waals surface area (Å²) in [6, 6.07) is 2.39. The molecule has 0 saturated carbocycles. The predicted octanol–water partition coefficient (Wildman–Crippen LogP) is 2.82. The Bertz CT molecular complexity index is 592. The van der Waals surface area contributed by atoms with Crippen LogP contribution in [0.4, 0.5) is 9.18 Å². The van der Waals surface area contributed by atoms with Gasteiger partial charge in [-0.15, -0.1) is 0 Å². The van der Waals surface area contributed by atoms with E-state index in [4.69, 9.17) is 9.84 Å². The molecule has 2 rings (SSSR count). The summed E-state index contributed by atoms with van der Waals surface area (Å²) < 4.78 is 19.2. The molecule has 0 fully saturated rings. The van der Waals surface area contributed by atoms with Crippen molar-refractivity contribution in [3.05, 3.63) is 34.6 Å². The zero-order chi connectivity index (χ0) is 15.8. The summed E-state index contributed by atoms with van der Waals surface area (Å²) in [4.78, 5) is 24.6. The molecule has 1 aliphatic heterocycles. The maximum Gasteiger partial charge on any atom is 0.410 e. The number of halogens is 1. The standard InChI is InChI=1S/C15H18FNO4/c1-15(2,3)21-14(20)17-7-6-9-10(13(18)19)4-5-12(16)11(9)8-17/h4-5H,6-8H2,1-3H3,(H,18,19). The van der Waals surface area contributed by atoms with E-state index in [2.05, 4.69) is 0 Å². The lowest BCUT2D eigenvalue weighted by atomic mass is 9.94. The fourth-order valence-electron chi connectivity index (χ4n) is 2.32. The van der Waals surface area contributed by atoms with Gasteiger partial charge in [-0.1, -0.05) is 0 Å². The molecule has 1 N–H and O–H groups in total. The van der Waals surface area contributed by atoms with Crippen molar-refractivity contribution in [2.45, 2.75) is 39.3 Å². The average Bonchev–Trinajstić information content (AvgIpc) is 2.36. The van der Waals surface area contributed by atoms with Crippen LogP contribution in [-0.4, -0.2) is 34.2 Å². The van der Waals surface area contributed by atoms with Crippen molar-refractivity contribution in [2.75, 3.05) is 6.54 Å². The van der Waals surface area contributed by atoms with Crippen molar-refractivity contribution < 1.29 is 23.8 Å². The average molecular weight is 295 g/mol. The van der Waals surface area contributed by atoms with E-state index < -0.39 is 23.5 Å². The third kappa shape index (κ3) is 3.32. The molecule has 0 radical (unpaired) electrons. The van der Waals surface area contributed by atoms with E-state index in [1.807, 2.05) is 0 Å². The summed E-state index contributed by atoms with van der Waals surface area (Å²) in [5, 5.41) is 9.13. The normalized spacial score (nSPS) is 14.6. The number of aromatic carboxylic acids is 1. The molecule has 6 heteroatoms. The zero-order valence-corrected chi connectivity index (χ0v) is 12.3. The smallest absolute Gasteiger partial charge is 0.410 e. The van der Waals surface area contributed by atoms with Gasteiger partial charge in [0.15, 0.2) is 0 Å². The fourth-order valence-corrected chi connectivity index (χ4v) is 2.32. The summed E-state index contributed by atoms with van der Waals surface area (Å²) in [6.07, 6.45) is -0.221. The van der Waals surface area contributed by atoms with Crippen LogP contribution in [0.5, 0.6) is 0 Å². The van der Waals surface area contributed by atoms with Crippen LogP contribution in [0.25, 0.3) is 0 Å². The number of carbonyl (C=O) groups is 2. The van der Waals surface area contributed by atoms with Crippen LogP contribution in [0, 0.1) is 5.82 Å². The van der Waals surface area contributed by atoms with Gasteiger partial charge in [-0.3, -0.25) is 0 Å². The number of hydrogen-bond acceptors (Lipinski definition) is 3. The van der Waals surface area contributed by atoms with Crippen LogP contribution < -0.4 is 0 Å². The Morgan fingerprint density at radius 1 is 1.29 bits per heavy atom. The number of rotatable bonds is 1. The quantitative estimate of drug-likeness (QED) is 0.865. The SMILES string of the molecule is CC(C)(C)OC(=O)N1CCc2c(C(=O)O)ccc(F)c2C1. The summed E-state index contributed by atoms with van der Waals surface area (Å²) in [5.74, 6) is -1.58. The number of benzene rings is 1. The maximum absolute atomic E-state index is 13.9. The minimum absolute atomic E-state index is 0.0250. The van der Waals surface area contributed by atoms with E-state index in [0.29, 0.717) is 18.5 Å². The Kier molecular flexibility index (Phi) is 3.89. The summed E-state index contributed by atoms with van der Waals surface area (Å²) in [7, 11) is 0. The van der Waals surface area contributed by atoms with Gasteiger partial charge in [-0.25, -0.2) is 14.0 Å². The number of amides is 1. The van der Waals surface area contributed by atoms with Gasteiger partial charge in [0.25, 0.3) is 0 Å². The van der Waals surface area contributed by atoms with Gasteiger partial charge in [0, 0.05) is 12.1 Å². The van der Waals surface area contributed by atoms with Gasteiger partial charge in [0.05, 0.1) is 12.1 Å². The molecule has 21 heavy (non-hydrogen) atoms. The molecule has 0 aliphatic carbocycles.